The molecule has 1 amide bonds. The fraction of sp³-hybridized carbons (Fsp3) is 0.889. The SMILES string of the molecule is NC(=O)C(N)CCOCC1CCOC1. The molecule has 0 aromatic heterocycles. The van der Waals surface area contributed by atoms with Crippen LogP contribution in [0, 0.1) is 5.92 Å². The van der Waals surface area contributed by atoms with Gasteiger partial charge in [0.1, 0.15) is 0 Å². The van der Waals surface area contributed by atoms with Gasteiger partial charge in [-0.15, -0.1) is 0 Å². The van der Waals surface area contributed by atoms with Crippen molar-refractivity contribution in [2.45, 2.75) is 18.9 Å². The Morgan fingerprint density at radius 2 is 2.43 bits per heavy atom. The lowest BCUT2D eigenvalue weighted by atomic mass is 10.1. The smallest absolute Gasteiger partial charge is 0.234 e. The molecule has 2 atom stereocenters. The molecule has 1 aliphatic rings. The van der Waals surface area contributed by atoms with Gasteiger partial charge < -0.3 is 20.9 Å². The van der Waals surface area contributed by atoms with Gasteiger partial charge in [0.25, 0.3) is 0 Å². The number of rotatable bonds is 6. The topological polar surface area (TPSA) is 87.6 Å². The van der Waals surface area contributed by atoms with Crippen molar-refractivity contribution in [3.05, 3.63) is 0 Å². The molecule has 0 bridgehead atoms. The Morgan fingerprint density at radius 1 is 1.64 bits per heavy atom. The van der Waals surface area contributed by atoms with Crippen molar-refractivity contribution < 1.29 is 14.3 Å². The Bertz CT molecular complexity index is 181. The maximum atomic E-state index is 10.6. The Balaban J connectivity index is 1.95. The normalized spacial score (nSPS) is 23.6. The number of carbonyl (C=O) groups is 1. The number of hydrogen-bond donors (Lipinski definition) is 2. The van der Waals surface area contributed by atoms with Crippen LogP contribution in [0.4, 0.5) is 0 Å². The number of carbonyl (C=O) groups excluding carboxylic acids is 1. The summed E-state index contributed by atoms with van der Waals surface area (Å²) in [6.07, 6.45) is 1.55. The highest BCUT2D eigenvalue weighted by Crippen LogP contribution is 2.12. The lowest BCUT2D eigenvalue weighted by Gasteiger charge is -2.10. The second kappa shape index (κ2) is 5.95. The lowest BCUT2D eigenvalue weighted by Crippen LogP contribution is -2.37. The molecule has 1 fully saturated rings. The van der Waals surface area contributed by atoms with Crippen LogP contribution in [0.15, 0.2) is 0 Å². The van der Waals surface area contributed by atoms with E-state index in [-0.39, 0.29) is 0 Å². The van der Waals surface area contributed by atoms with Crippen molar-refractivity contribution in [3.8, 4) is 0 Å². The van der Waals surface area contributed by atoms with Crippen LogP contribution in [0.25, 0.3) is 0 Å². The molecule has 0 aliphatic carbocycles. The Kier molecular flexibility index (Phi) is 4.86. The predicted octanol–water partition coefficient (Wildman–Crippen LogP) is -0.758. The molecule has 4 N–H and O–H groups in total. The first-order valence-electron chi connectivity index (χ1n) is 4.90. The zero-order valence-electron chi connectivity index (χ0n) is 8.28. The van der Waals surface area contributed by atoms with E-state index in [4.69, 9.17) is 20.9 Å². The first-order chi connectivity index (χ1) is 6.70. The van der Waals surface area contributed by atoms with E-state index in [1.54, 1.807) is 0 Å². The lowest BCUT2D eigenvalue weighted by molar-refractivity contribution is -0.119. The largest absolute Gasteiger partial charge is 0.381 e. The van der Waals surface area contributed by atoms with Gasteiger partial charge in [-0.2, -0.15) is 0 Å². The molecule has 14 heavy (non-hydrogen) atoms. The number of primary amides is 1. The molecule has 0 aromatic rings. The monoisotopic (exact) mass is 202 g/mol. The summed E-state index contributed by atoms with van der Waals surface area (Å²) in [5, 5.41) is 0. The third kappa shape index (κ3) is 4.04. The van der Waals surface area contributed by atoms with E-state index in [0.29, 0.717) is 25.6 Å². The number of hydrogen-bond acceptors (Lipinski definition) is 4. The summed E-state index contributed by atoms with van der Waals surface area (Å²) in [5.41, 5.74) is 10.4. The fourth-order valence-electron chi connectivity index (χ4n) is 1.32. The van der Waals surface area contributed by atoms with Gasteiger partial charge in [0.05, 0.1) is 19.3 Å². The van der Waals surface area contributed by atoms with Crippen molar-refractivity contribution in [1.82, 2.24) is 0 Å². The molecule has 1 rings (SSSR count). The van der Waals surface area contributed by atoms with Crippen LogP contribution in [-0.4, -0.2) is 38.4 Å². The van der Waals surface area contributed by atoms with Crippen molar-refractivity contribution >= 4 is 5.91 Å². The van der Waals surface area contributed by atoms with Gasteiger partial charge in [-0.25, -0.2) is 0 Å². The first kappa shape index (κ1) is 11.4. The molecular weight excluding hydrogens is 184 g/mol. The van der Waals surface area contributed by atoms with Crippen LogP contribution in [0.5, 0.6) is 0 Å². The molecule has 1 saturated heterocycles. The molecular formula is C9H18N2O3. The molecule has 5 nitrogen and oxygen atoms in total. The van der Waals surface area contributed by atoms with E-state index in [2.05, 4.69) is 0 Å². The highest BCUT2D eigenvalue weighted by molar-refractivity contribution is 5.79. The van der Waals surface area contributed by atoms with E-state index in [1.807, 2.05) is 0 Å². The van der Waals surface area contributed by atoms with Gasteiger partial charge in [-0.3, -0.25) is 4.79 Å². The van der Waals surface area contributed by atoms with E-state index in [9.17, 15) is 4.79 Å². The minimum atomic E-state index is -0.588. The van der Waals surface area contributed by atoms with Crippen LogP contribution in [0.3, 0.4) is 0 Å². The molecule has 1 aliphatic heterocycles. The third-order valence-electron chi connectivity index (χ3n) is 2.32. The second-order valence-corrected chi connectivity index (χ2v) is 3.60. The number of amides is 1. The summed E-state index contributed by atoms with van der Waals surface area (Å²) in [4.78, 5) is 10.6. The standard InChI is InChI=1S/C9H18N2O3/c10-8(9(11)12)2-4-14-6-7-1-3-13-5-7/h7-8H,1-6,10H2,(H2,11,12). The summed E-state index contributed by atoms with van der Waals surface area (Å²) in [6, 6.07) is -0.588. The second-order valence-electron chi connectivity index (χ2n) is 3.60. The highest BCUT2D eigenvalue weighted by Gasteiger charge is 2.15. The van der Waals surface area contributed by atoms with Gasteiger partial charge in [0, 0.05) is 19.1 Å². The first-order valence-corrected chi connectivity index (χ1v) is 4.90. The van der Waals surface area contributed by atoms with Crippen LogP contribution in [0.1, 0.15) is 12.8 Å². The van der Waals surface area contributed by atoms with E-state index in [0.717, 1.165) is 19.6 Å². The zero-order valence-corrected chi connectivity index (χ0v) is 8.28. The quantitative estimate of drug-likeness (QED) is 0.554. The molecule has 0 aromatic carbocycles. The molecule has 0 radical (unpaired) electrons. The summed E-state index contributed by atoms with van der Waals surface area (Å²) in [7, 11) is 0. The van der Waals surface area contributed by atoms with Crippen molar-refractivity contribution in [2.75, 3.05) is 26.4 Å². The van der Waals surface area contributed by atoms with Gasteiger partial charge in [0.15, 0.2) is 0 Å². The van der Waals surface area contributed by atoms with Crippen molar-refractivity contribution in [1.29, 1.82) is 0 Å². The van der Waals surface area contributed by atoms with Crippen LogP contribution >= 0.6 is 0 Å². The molecule has 1 heterocycles. The van der Waals surface area contributed by atoms with Gasteiger partial charge >= 0.3 is 0 Å². The van der Waals surface area contributed by atoms with Crippen LogP contribution in [0.2, 0.25) is 0 Å². The average molecular weight is 202 g/mol. The maximum absolute atomic E-state index is 10.6. The van der Waals surface area contributed by atoms with Gasteiger partial charge in [0.2, 0.25) is 5.91 Å². The summed E-state index contributed by atoms with van der Waals surface area (Å²) >= 11 is 0. The number of nitrogens with two attached hydrogens (primary N) is 2. The third-order valence-corrected chi connectivity index (χ3v) is 2.32. The molecule has 5 heteroatoms. The Labute approximate surface area is 83.7 Å². The summed E-state index contributed by atoms with van der Waals surface area (Å²) in [5.74, 6) is 0.0256. The number of ether oxygens (including phenoxy) is 2. The van der Waals surface area contributed by atoms with Crippen LogP contribution in [-0.2, 0) is 14.3 Å². The van der Waals surface area contributed by atoms with E-state index < -0.39 is 11.9 Å². The van der Waals surface area contributed by atoms with Gasteiger partial charge in [-0.05, 0) is 12.8 Å². The summed E-state index contributed by atoms with van der Waals surface area (Å²) in [6.45, 7) is 2.78. The van der Waals surface area contributed by atoms with Crippen molar-refractivity contribution in [3.63, 3.8) is 0 Å². The Hall–Kier alpha value is -0.650. The zero-order chi connectivity index (χ0) is 10.4. The molecule has 0 saturated carbocycles. The summed E-state index contributed by atoms with van der Waals surface area (Å²) < 4.78 is 10.6. The minimum Gasteiger partial charge on any atom is -0.381 e. The van der Waals surface area contributed by atoms with E-state index >= 15 is 0 Å². The minimum absolute atomic E-state index is 0.474. The fourth-order valence-corrected chi connectivity index (χ4v) is 1.32. The maximum Gasteiger partial charge on any atom is 0.234 e. The van der Waals surface area contributed by atoms with Gasteiger partial charge in [-0.1, -0.05) is 0 Å². The van der Waals surface area contributed by atoms with E-state index in [1.165, 1.54) is 0 Å². The molecule has 82 valence electrons. The highest BCUT2D eigenvalue weighted by atomic mass is 16.5. The van der Waals surface area contributed by atoms with Crippen molar-refractivity contribution in [2.24, 2.45) is 17.4 Å². The Morgan fingerprint density at radius 3 is 3.00 bits per heavy atom. The van der Waals surface area contributed by atoms with Crippen LogP contribution < -0.4 is 11.5 Å². The molecule has 0 spiro atoms. The molecule has 2 unspecified atom stereocenters. The predicted molar refractivity (Wildman–Crippen MR) is 51.5 cm³/mol. The average Bonchev–Trinajstić information content (AvgIpc) is 2.64.